The Hall–Kier alpha value is -2.81. The number of hydrogen-bond donors (Lipinski definition) is 2. The lowest BCUT2D eigenvalue weighted by Crippen LogP contribution is -2.46. The molecule has 1 fully saturated rings. The van der Waals surface area contributed by atoms with Gasteiger partial charge in [0.05, 0.1) is 12.4 Å². The van der Waals surface area contributed by atoms with Gasteiger partial charge in [-0.3, -0.25) is 9.59 Å². The maximum Gasteiger partial charge on any atom is 0.356 e. The minimum absolute atomic E-state index is 0.0249. The topological polar surface area (TPSA) is 112 Å². The lowest BCUT2D eigenvalue weighted by Gasteiger charge is -2.32. The van der Waals surface area contributed by atoms with Gasteiger partial charge in [0.25, 0.3) is 11.8 Å². The van der Waals surface area contributed by atoms with Gasteiger partial charge in [0, 0.05) is 30.1 Å². The lowest BCUT2D eigenvalue weighted by molar-refractivity contribution is 0.0672. The Morgan fingerprint density at radius 1 is 1.16 bits per heavy atom. The van der Waals surface area contributed by atoms with Crippen molar-refractivity contribution in [3.05, 3.63) is 46.2 Å². The van der Waals surface area contributed by atoms with Gasteiger partial charge in [-0.25, -0.2) is 14.8 Å². The number of rotatable bonds is 4. The van der Waals surface area contributed by atoms with Crippen molar-refractivity contribution in [1.29, 1.82) is 0 Å². The fourth-order valence-corrected chi connectivity index (χ4v) is 3.24. The summed E-state index contributed by atoms with van der Waals surface area (Å²) in [5, 5.41) is 15.4. The smallest absolute Gasteiger partial charge is 0.356 e. The molecule has 0 spiro atoms. The summed E-state index contributed by atoms with van der Waals surface area (Å²) < 4.78 is 0. The van der Waals surface area contributed by atoms with Crippen LogP contribution in [0.1, 0.15) is 44.2 Å². The minimum Gasteiger partial charge on any atom is -0.476 e. The highest BCUT2D eigenvalue weighted by molar-refractivity contribution is 7.08. The highest BCUT2D eigenvalue weighted by atomic mass is 32.1. The van der Waals surface area contributed by atoms with Gasteiger partial charge >= 0.3 is 5.97 Å². The monoisotopic (exact) mass is 360 g/mol. The molecular weight excluding hydrogens is 344 g/mol. The van der Waals surface area contributed by atoms with Crippen molar-refractivity contribution in [2.45, 2.75) is 18.9 Å². The number of likely N-dealkylation sites (tertiary alicyclic amines) is 1. The van der Waals surface area contributed by atoms with Crippen molar-refractivity contribution in [3.8, 4) is 0 Å². The fourth-order valence-electron chi connectivity index (χ4n) is 2.60. The molecule has 0 radical (unpaired) electrons. The summed E-state index contributed by atoms with van der Waals surface area (Å²) >= 11 is 1.47. The van der Waals surface area contributed by atoms with Crippen LogP contribution in [0.25, 0.3) is 0 Å². The zero-order chi connectivity index (χ0) is 17.8. The molecule has 3 rings (SSSR count). The number of nitrogens with one attached hydrogen (secondary N) is 1. The second-order valence-electron chi connectivity index (χ2n) is 5.64. The predicted molar refractivity (Wildman–Crippen MR) is 89.7 cm³/mol. The number of thiophene rings is 1. The number of carboxylic acids is 1. The number of carbonyl (C=O) groups is 3. The Morgan fingerprint density at radius 3 is 2.40 bits per heavy atom. The number of nitrogens with zero attached hydrogens (tertiary/aromatic N) is 3. The van der Waals surface area contributed by atoms with E-state index in [1.165, 1.54) is 17.5 Å². The molecular formula is C16H16N4O4S. The zero-order valence-electron chi connectivity index (χ0n) is 13.2. The Morgan fingerprint density at radius 2 is 1.84 bits per heavy atom. The molecule has 9 heteroatoms. The molecule has 0 saturated carbocycles. The fraction of sp³-hybridized carbons (Fsp3) is 0.312. The average molecular weight is 360 g/mol. The van der Waals surface area contributed by atoms with Gasteiger partial charge in [-0.05, 0) is 24.3 Å². The lowest BCUT2D eigenvalue weighted by atomic mass is 10.0. The number of carboxylic acid groups (broad SMARTS) is 1. The third-order valence-corrected chi connectivity index (χ3v) is 4.67. The van der Waals surface area contributed by atoms with Crippen LogP contribution in [0.15, 0.2) is 29.2 Å². The molecule has 3 heterocycles. The number of amides is 2. The maximum atomic E-state index is 12.4. The molecule has 130 valence electrons. The van der Waals surface area contributed by atoms with Crippen molar-refractivity contribution in [3.63, 3.8) is 0 Å². The van der Waals surface area contributed by atoms with Gasteiger partial charge in [-0.1, -0.05) is 0 Å². The van der Waals surface area contributed by atoms with Crippen LogP contribution in [0.3, 0.4) is 0 Å². The molecule has 0 atom stereocenters. The van der Waals surface area contributed by atoms with Crippen LogP contribution in [-0.4, -0.2) is 56.9 Å². The van der Waals surface area contributed by atoms with E-state index < -0.39 is 5.97 Å². The van der Waals surface area contributed by atoms with E-state index in [-0.39, 0.29) is 29.2 Å². The van der Waals surface area contributed by atoms with Crippen LogP contribution in [-0.2, 0) is 0 Å². The van der Waals surface area contributed by atoms with Gasteiger partial charge in [-0.2, -0.15) is 11.3 Å². The molecule has 0 aliphatic carbocycles. The molecule has 25 heavy (non-hydrogen) atoms. The summed E-state index contributed by atoms with van der Waals surface area (Å²) in [6.07, 6.45) is 3.56. The van der Waals surface area contributed by atoms with E-state index in [2.05, 4.69) is 15.3 Å². The van der Waals surface area contributed by atoms with E-state index in [1.807, 2.05) is 5.38 Å². The molecule has 8 nitrogen and oxygen atoms in total. The molecule has 1 saturated heterocycles. The SMILES string of the molecule is O=C(NC1CCN(C(=O)c2cnc(C(=O)O)cn2)CC1)c1ccsc1. The third-order valence-electron chi connectivity index (χ3n) is 3.99. The minimum atomic E-state index is -1.19. The maximum absolute atomic E-state index is 12.4. The summed E-state index contributed by atoms with van der Waals surface area (Å²) in [4.78, 5) is 44.4. The first-order valence-corrected chi connectivity index (χ1v) is 8.66. The van der Waals surface area contributed by atoms with Crippen molar-refractivity contribution < 1.29 is 19.5 Å². The van der Waals surface area contributed by atoms with Gasteiger partial charge < -0.3 is 15.3 Å². The number of carbonyl (C=O) groups excluding carboxylic acids is 2. The highest BCUT2D eigenvalue weighted by Gasteiger charge is 2.26. The summed E-state index contributed by atoms with van der Waals surface area (Å²) in [5.41, 5.74) is 0.564. The zero-order valence-corrected chi connectivity index (χ0v) is 14.0. The van der Waals surface area contributed by atoms with E-state index in [0.29, 0.717) is 31.5 Å². The van der Waals surface area contributed by atoms with Gasteiger partial charge in [0.2, 0.25) is 0 Å². The second-order valence-corrected chi connectivity index (χ2v) is 6.42. The van der Waals surface area contributed by atoms with Crippen LogP contribution >= 0.6 is 11.3 Å². The molecule has 1 aliphatic rings. The van der Waals surface area contributed by atoms with Crippen molar-refractivity contribution in [2.24, 2.45) is 0 Å². The van der Waals surface area contributed by atoms with Crippen molar-refractivity contribution in [1.82, 2.24) is 20.2 Å². The van der Waals surface area contributed by atoms with Gasteiger partial charge in [0.15, 0.2) is 5.69 Å². The molecule has 0 bridgehead atoms. The Labute approximate surface area is 147 Å². The van der Waals surface area contributed by atoms with Crippen LogP contribution in [0.5, 0.6) is 0 Å². The highest BCUT2D eigenvalue weighted by Crippen LogP contribution is 2.14. The largest absolute Gasteiger partial charge is 0.476 e. The molecule has 2 aromatic heterocycles. The molecule has 2 N–H and O–H groups in total. The average Bonchev–Trinajstić information content (AvgIpc) is 3.17. The Bertz CT molecular complexity index is 768. The number of aromatic carboxylic acids is 1. The first kappa shape index (κ1) is 17.0. The summed E-state index contributed by atoms with van der Waals surface area (Å²) in [6.45, 7) is 0.992. The Balaban J connectivity index is 1.54. The summed E-state index contributed by atoms with van der Waals surface area (Å²) in [7, 11) is 0. The standard InChI is InChI=1S/C16H16N4O4S/c21-14(10-3-6-25-9-10)19-11-1-4-20(5-2-11)15(22)12-7-18-13(8-17-12)16(23)24/h3,6-9,11H,1-2,4-5H2,(H,19,21)(H,23,24). The van der Waals surface area contributed by atoms with E-state index in [9.17, 15) is 14.4 Å². The van der Waals surface area contributed by atoms with Gasteiger partial charge in [0.1, 0.15) is 5.69 Å². The molecule has 2 amide bonds. The van der Waals surface area contributed by atoms with E-state index in [4.69, 9.17) is 5.11 Å². The second kappa shape index (κ2) is 7.39. The van der Waals surface area contributed by atoms with Crippen molar-refractivity contribution in [2.75, 3.05) is 13.1 Å². The summed E-state index contributed by atoms with van der Waals surface area (Å²) in [6, 6.07) is 1.80. The predicted octanol–water partition coefficient (Wildman–Crippen LogP) is 1.27. The van der Waals surface area contributed by atoms with E-state index in [0.717, 1.165) is 6.20 Å². The number of hydrogen-bond acceptors (Lipinski definition) is 6. The van der Waals surface area contributed by atoms with E-state index >= 15 is 0 Å². The Kier molecular flexibility index (Phi) is 5.03. The van der Waals surface area contributed by atoms with Crippen molar-refractivity contribution >= 4 is 29.1 Å². The van der Waals surface area contributed by atoms with E-state index in [1.54, 1.807) is 16.3 Å². The normalized spacial score (nSPS) is 15.0. The van der Waals surface area contributed by atoms with Crippen LogP contribution in [0, 0.1) is 0 Å². The third kappa shape index (κ3) is 4.00. The van der Waals surface area contributed by atoms with Gasteiger partial charge in [-0.15, -0.1) is 0 Å². The summed E-state index contributed by atoms with van der Waals surface area (Å²) in [5.74, 6) is -1.57. The number of aromatic nitrogens is 2. The molecule has 2 aromatic rings. The van der Waals surface area contributed by atoms with Crippen LogP contribution < -0.4 is 5.32 Å². The first-order chi connectivity index (χ1) is 12.0. The van der Waals surface area contributed by atoms with Crippen LogP contribution in [0.2, 0.25) is 0 Å². The number of piperidine rings is 1. The molecule has 1 aliphatic heterocycles. The van der Waals surface area contributed by atoms with Crippen LogP contribution in [0.4, 0.5) is 0 Å². The first-order valence-electron chi connectivity index (χ1n) is 7.72. The molecule has 0 aromatic carbocycles. The quantitative estimate of drug-likeness (QED) is 0.849. The molecule has 0 unspecified atom stereocenters.